The molecule has 0 atom stereocenters. The van der Waals surface area contributed by atoms with Crippen LogP contribution in [0.4, 0.5) is 4.79 Å². The van der Waals surface area contributed by atoms with Crippen molar-refractivity contribution in [2.75, 3.05) is 26.7 Å². The molecule has 0 unspecified atom stereocenters. The second kappa shape index (κ2) is 6.65. The van der Waals surface area contributed by atoms with Gasteiger partial charge in [0.15, 0.2) is 0 Å². The third kappa shape index (κ3) is 2.68. The van der Waals surface area contributed by atoms with Gasteiger partial charge in [-0.05, 0) is 37.0 Å². The van der Waals surface area contributed by atoms with Gasteiger partial charge in [-0.1, -0.05) is 19.9 Å². The fourth-order valence-corrected chi connectivity index (χ4v) is 4.50. The van der Waals surface area contributed by atoms with Gasteiger partial charge < -0.3 is 14.8 Å². The molecule has 28 heavy (non-hydrogen) atoms. The Labute approximate surface area is 164 Å². The van der Waals surface area contributed by atoms with Crippen molar-refractivity contribution in [3.8, 4) is 0 Å². The monoisotopic (exact) mass is 382 g/mol. The van der Waals surface area contributed by atoms with Gasteiger partial charge in [-0.25, -0.2) is 4.79 Å². The van der Waals surface area contributed by atoms with Crippen LogP contribution in [0.5, 0.6) is 0 Å². The number of likely N-dealkylation sites (tertiary alicyclic amines) is 1. The predicted octanol–water partition coefficient (Wildman–Crippen LogP) is 2.69. The number of nitrogens with one attached hydrogen (secondary N) is 1. The fourth-order valence-electron chi connectivity index (χ4n) is 4.50. The molecule has 2 fully saturated rings. The summed E-state index contributed by atoms with van der Waals surface area (Å²) in [5.41, 5.74) is 0.785. The van der Waals surface area contributed by atoms with Crippen LogP contribution in [-0.4, -0.2) is 69.8 Å². The van der Waals surface area contributed by atoms with Crippen molar-refractivity contribution in [3.05, 3.63) is 36.0 Å². The quantitative estimate of drug-likeness (QED) is 0.829. The van der Waals surface area contributed by atoms with Crippen LogP contribution in [0, 0.1) is 5.92 Å². The molecule has 0 bridgehead atoms. The summed E-state index contributed by atoms with van der Waals surface area (Å²) in [4.78, 5) is 46.6. The Kier molecular flexibility index (Phi) is 4.40. The number of hydrogen-bond acceptors (Lipinski definition) is 3. The van der Waals surface area contributed by atoms with Crippen molar-refractivity contribution in [3.63, 3.8) is 0 Å². The maximum atomic E-state index is 13.1. The Hall–Kier alpha value is -2.83. The van der Waals surface area contributed by atoms with E-state index in [0.29, 0.717) is 38.0 Å². The molecular weight excluding hydrogens is 356 g/mol. The van der Waals surface area contributed by atoms with Crippen LogP contribution < -0.4 is 0 Å². The third-order valence-corrected chi connectivity index (χ3v) is 5.99. The normalized spacial score (nSPS) is 19.5. The van der Waals surface area contributed by atoms with E-state index in [1.807, 2.05) is 44.3 Å². The Morgan fingerprint density at radius 2 is 1.89 bits per heavy atom. The molecule has 3 heterocycles. The molecule has 4 amide bonds. The largest absolute Gasteiger partial charge is 0.361 e. The van der Waals surface area contributed by atoms with Gasteiger partial charge in [-0.3, -0.25) is 14.5 Å². The number of likely N-dealkylation sites (N-methyl/N-ethyl adjacent to an activating group) is 1. The molecule has 7 nitrogen and oxygen atoms in total. The zero-order valence-electron chi connectivity index (χ0n) is 16.6. The molecule has 2 aliphatic heterocycles. The van der Waals surface area contributed by atoms with E-state index >= 15 is 0 Å². The van der Waals surface area contributed by atoms with E-state index in [1.165, 1.54) is 4.90 Å². The summed E-state index contributed by atoms with van der Waals surface area (Å²) in [5, 5.41) is 0.904. The lowest BCUT2D eigenvalue weighted by molar-refractivity contribution is -0.134. The van der Waals surface area contributed by atoms with E-state index in [4.69, 9.17) is 0 Å². The highest BCUT2D eigenvalue weighted by Crippen LogP contribution is 2.37. The molecule has 7 heteroatoms. The van der Waals surface area contributed by atoms with Gasteiger partial charge in [0.1, 0.15) is 5.54 Å². The van der Waals surface area contributed by atoms with Crippen LogP contribution in [0.1, 0.15) is 37.0 Å². The topological polar surface area (TPSA) is 76.7 Å². The number of urea groups is 1. The number of rotatable bonds is 3. The number of carbonyl (C=O) groups excluding carboxylic acids is 3. The summed E-state index contributed by atoms with van der Waals surface area (Å²) in [6, 6.07) is 7.34. The van der Waals surface area contributed by atoms with Crippen molar-refractivity contribution in [1.82, 2.24) is 19.7 Å². The summed E-state index contributed by atoms with van der Waals surface area (Å²) in [6.45, 7) is 5.55. The van der Waals surface area contributed by atoms with Gasteiger partial charge in [-0.15, -0.1) is 0 Å². The molecule has 1 N–H and O–H groups in total. The van der Waals surface area contributed by atoms with Crippen molar-refractivity contribution >= 4 is 28.7 Å². The van der Waals surface area contributed by atoms with Gasteiger partial charge in [0.25, 0.3) is 11.8 Å². The number of imide groups is 1. The zero-order valence-corrected chi connectivity index (χ0v) is 16.6. The number of H-pyrrole nitrogens is 1. The molecule has 2 aromatic rings. The van der Waals surface area contributed by atoms with Gasteiger partial charge in [0.05, 0.1) is 0 Å². The van der Waals surface area contributed by atoms with Crippen LogP contribution in [-0.2, 0) is 4.79 Å². The minimum Gasteiger partial charge on any atom is -0.361 e. The standard InChI is InChI=1S/C21H26N4O3/c1-14(2)13-25-20(28)23(3)19(27)21(25)8-11-24(12-9-21)18(26)16-5-4-6-17-15(16)7-10-22-17/h4-7,10,14,22H,8-9,11-13H2,1-3H3. The zero-order chi connectivity index (χ0) is 20.1. The average Bonchev–Trinajstić information content (AvgIpc) is 3.23. The number of hydrogen-bond donors (Lipinski definition) is 1. The molecule has 4 rings (SSSR count). The molecule has 1 spiro atoms. The Balaban J connectivity index is 1.56. The highest BCUT2D eigenvalue weighted by atomic mass is 16.2. The number of amides is 4. The summed E-state index contributed by atoms with van der Waals surface area (Å²) in [6.07, 6.45) is 2.78. The highest BCUT2D eigenvalue weighted by Gasteiger charge is 2.57. The highest BCUT2D eigenvalue weighted by molar-refractivity contribution is 6.08. The van der Waals surface area contributed by atoms with Crippen molar-refractivity contribution < 1.29 is 14.4 Å². The van der Waals surface area contributed by atoms with Crippen LogP contribution >= 0.6 is 0 Å². The molecule has 1 aromatic carbocycles. The first kappa shape index (κ1) is 18.5. The summed E-state index contributed by atoms with van der Waals surface area (Å²) in [5.74, 6) is 0.101. The van der Waals surface area contributed by atoms with E-state index in [0.717, 1.165) is 10.9 Å². The number of aromatic nitrogens is 1. The number of nitrogens with zero attached hydrogens (tertiary/aromatic N) is 3. The molecule has 1 aromatic heterocycles. The van der Waals surface area contributed by atoms with E-state index in [9.17, 15) is 14.4 Å². The predicted molar refractivity (Wildman–Crippen MR) is 106 cm³/mol. The summed E-state index contributed by atoms with van der Waals surface area (Å²) in [7, 11) is 1.55. The molecule has 0 saturated carbocycles. The van der Waals surface area contributed by atoms with Gasteiger partial charge in [0.2, 0.25) is 0 Å². The molecule has 0 radical (unpaired) electrons. The Morgan fingerprint density at radius 1 is 1.18 bits per heavy atom. The molecular formula is C21H26N4O3. The van der Waals surface area contributed by atoms with E-state index in [-0.39, 0.29) is 23.8 Å². The number of benzene rings is 1. The van der Waals surface area contributed by atoms with Crippen molar-refractivity contribution in [2.45, 2.75) is 32.2 Å². The lowest BCUT2D eigenvalue weighted by Gasteiger charge is -2.42. The average molecular weight is 382 g/mol. The maximum Gasteiger partial charge on any atom is 0.327 e. The first-order valence-corrected chi connectivity index (χ1v) is 9.80. The van der Waals surface area contributed by atoms with E-state index in [1.54, 1.807) is 16.8 Å². The molecule has 2 aliphatic rings. The minimum absolute atomic E-state index is 0.0272. The molecule has 2 saturated heterocycles. The minimum atomic E-state index is -0.813. The SMILES string of the molecule is CC(C)CN1C(=O)N(C)C(=O)C12CCN(C(=O)c1cccc3[nH]ccc13)CC2. The number of aromatic amines is 1. The van der Waals surface area contributed by atoms with Crippen LogP contribution in [0.25, 0.3) is 10.9 Å². The smallest absolute Gasteiger partial charge is 0.327 e. The third-order valence-electron chi connectivity index (χ3n) is 5.99. The Bertz CT molecular complexity index is 940. The lowest BCUT2D eigenvalue weighted by Crippen LogP contribution is -2.58. The van der Waals surface area contributed by atoms with Crippen LogP contribution in [0.2, 0.25) is 0 Å². The van der Waals surface area contributed by atoms with Crippen molar-refractivity contribution in [2.24, 2.45) is 5.92 Å². The van der Waals surface area contributed by atoms with E-state index < -0.39 is 5.54 Å². The fraction of sp³-hybridized carbons (Fsp3) is 0.476. The first-order valence-electron chi connectivity index (χ1n) is 9.80. The molecule has 0 aliphatic carbocycles. The Morgan fingerprint density at radius 3 is 2.57 bits per heavy atom. The van der Waals surface area contributed by atoms with Gasteiger partial charge >= 0.3 is 6.03 Å². The second-order valence-corrected chi connectivity index (χ2v) is 8.22. The second-order valence-electron chi connectivity index (χ2n) is 8.22. The van der Waals surface area contributed by atoms with Crippen molar-refractivity contribution in [1.29, 1.82) is 0 Å². The lowest BCUT2D eigenvalue weighted by atomic mass is 9.85. The van der Waals surface area contributed by atoms with Crippen LogP contribution in [0.3, 0.4) is 0 Å². The summed E-state index contributed by atoms with van der Waals surface area (Å²) < 4.78 is 0. The number of carbonyl (C=O) groups is 3. The van der Waals surface area contributed by atoms with E-state index in [2.05, 4.69) is 4.98 Å². The molecule has 148 valence electrons. The number of piperidine rings is 1. The van der Waals surface area contributed by atoms with Gasteiger partial charge in [-0.2, -0.15) is 0 Å². The first-order chi connectivity index (χ1) is 13.3. The summed E-state index contributed by atoms with van der Waals surface area (Å²) >= 11 is 0. The maximum absolute atomic E-state index is 13.1. The number of fused-ring (bicyclic) bond motifs is 1. The van der Waals surface area contributed by atoms with Gasteiger partial charge in [0, 0.05) is 49.3 Å². The van der Waals surface area contributed by atoms with Crippen LogP contribution in [0.15, 0.2) is 30.5 Å².